The Kier molecular flexibility index (Phi) is 2.33. The third-order valence-corrected chi connectivity index (χ3v) is 2.46. The molecular weight excluding hydrogens is 166 g/mol. The zero-order valence-corrected chi connectivity index (χ0v) is 8.10. The van der Waals surface area contributed by atoms with Crippen LogP contribution in [0, 0.1) is 0 Å². The highest BCUT2D eigenvalue weighted by Crippen LogP contribution is 2.20. The van der Waals surface area contributed by atoms with E-state index < -0.39 is 0 Å². The molecule has 4 nitrogen and oxygen atoms in total. The van der Waals surface area contributed by atoms with Gasteiger partial charge in [0.05, 0.1) is 12.3 Å². The number of aromatic nitrogens is 2. The smallest absolute Gasteiger partial charge is 0.112 e. The molecule has 0 bridgehead atoms. The van der Waals surface area contributed by atoms with Crippen LogP contribution < -0.4 is 0 Å². The highest BCUT2D eigenvalue weighted by Gasteiger charge is 2.21. The Labute approximate surface area is 78.1 Å². The summed E-state index contributed by atoms with van der Waals surface area (Å²) in [4.78, 5) is 2.28. The predicted molar refractivity (Wildman–Crippen MR) is 49.4 cm³/mol. The van der Waals surface area contributed by atoms with Crippen molar-refractivity contribution in [3.8, 4) is 0 Å². The average molecular weight is 181 g/mol. The first-order valence-electron chi connectivity index (χ1n) is 4.55. The number of hydrogen-bond donors (Lipinski definition) is 0. The molecule has 2 heterocycles. The third kappa shape index (κ3) is 1.73. The van der Waals surface area contributed by atoms with Crippen molar-refractivity contribution in [3.63, 3.8) is 0 Å². The number of nitrogens with zero attached hydrogens (tertiary/aromatic N) is 3. The third-order valence-electron chi connectivity index (χ3n) is 2.46. The topological polar surface area (TPSA) is 30.3 Å². The minimum Gasteiger partial charge on any atom is -0.369 e. The molecule has 4 heteroatoms. The second-order valence-electron chi connectivity index (χ2n) is 3.50. The minimum atomic E-state index is 0.186. The highest BCUT2D eigenvalue weighted by molar-refractivity contribution is 5.05. The monoisotopic (exact) mass is 181 g/mol. The summed E-state index contributed by atoms with van der Waals surface area (Å²) in [6.07, 6.45) is 2.00. The van der Waals surface area contributed by atoms with Crippen molar-refractivity contribution in [3.05, 3.63) is 18.0 Å². The van der Waals surface area contributed by atoms with Crippen LogP contribution in [0.25, 0.3) is 0 Å². The van der Waals surface area contributed by atoms with E-state index in [9.17, 15) is 0 Å². The van der Waals surface area contributed by atoms with Gasteiger partial charge in [0.1, 0.15) is 6.10 Å². The van der Waals surface area contributed by atoms with Crippen LogP contribution in [0.15, 0.2) is 12.3 Å². The van der Waals surface area contributed by atoms with E-state index in [0.717, 1.165) is 25.4 Å². The van der Waals surface area contributed by atoms with Crippen molar-refractivity contribution in [1.82, 2.24) is 14.7 Å². The molecule has 0 N–H and O–H groups in total. The summed E-state index contributed by atoms with van der Waals surface area (Å²) in [6, 6.07) is 2.02. The van der Waals surface area contributed by atoms with E-state index >= 15 is 0 Å². The van der Waals surface area contributed by atoms with Gasteiger partial charge < -0.3 is 9.64 Å². The summed E-state index contributed by atoms with van der Waals surface area (Å²) >= 11 is 0. The molecule has 0 amide bonds. The van der Waals surface area contributed by atoms with Crippen LogP contribution in [0.3, 0.4) is 0 Å². The van der Waals surface area contributed by atoms with E-state index in [4.69, 9.17) is 4.74 Å². The zero-order valence-electron chi connectivity index (χ0n) is 8.10. The molecule has 72 valence electrons. The fourth-order valence-electron chi connectivity index (χ4n) is 1.66. The molecule has 1 unspecified atom stereocenters. The number of aryl methyl sites for hydroxylation is 1. The van der Waals surface area contributed by atoms with Crippen molar-refractivity contribution >= 4 is 0 Å². The van der Waals surface area contributed by atoms with Gasteiger partial charge in [-0.3, -0.25) is 4.68 Å². The van der Waals surface area contributed by atoms with Crippen LogP contribution in [0.2, 0.25) is 0 Å². The lowest BCUT2D eigenvalue weighted by Crippen LogP contribution is -2.36. The molecule has 13 heavy (non-hydrogen) atoms. The van der Waals surface area contributed by atoms with Crippen molar-refractivity contribution in [2.45, 2.75) is 6.10 Å². The van der Waals surface area contributed by atoms with E-state index in [0.29, 0.717) is 0 Å². The Hall–Kier alpha value is -0.870. The quantitative estimate of drug-likeness (QED) is 0.629. The summed E-state index contributed by atoms with van der Waals surface area (Å²) < 4.78 is 7.55. The van der Waals surface area contributed by atoms with E-state index in [1.54, 1.807) is 0 Å². The molecule has 1 aliphatic rings. The molecule has 1 aromatic heterocycles. The van der Waals surface area contributed by atoms with Crippen LogP contribution in [0.1, 0.15) is 11.8 Å². The number of rotatable bonds is 1. The number of morpholine rings is 1. The second kappa shape index (κ2) is 3.47. The Morgan fingerprint density at radius 1 is 1.54 bits per heavy atom. The van der Waals surface area contributed by atoms with Gasteiger partial charge in [-0.25, -0.2) is 0 Å². The van der Waals surface area contributed by atoms with Crippen LogP contribution in [-0.4, -0.2) is 41.4 Å². The van der Waals surface area contributed by atoms with Gasteiger partial charge in [0, 0.05) is 26.3 Å². The highest BCUT2D eigenvalue weighted by atomic mass is 16.5. The van der Waals surface area contributed by atoms with E-state index in [1.807, 2.05) is 24.0 Å². The van der Waals surface area contributed by atoms with Gasteiger partial charge in [-0.1, -0.05) is 0 Å². The molecule has 0 aromatic carbocycles. The van der Waals surface area contributed by atoms with Gasteiger partial charge in [-0.05, 0) is 13.1 Å². The number of ether oxygens (including phenoxy) is 1. The normalized spacial score (nSPS) is 24.9. The van der Waals surface area contributed by atoms with Gasteiger partial charge in [0.15, 0.2) is 0 Å². The molecule has 0 saturated carbocycles. The van der Waals surface area contributed by atoms with Crippen LogP contribution in [-0.2, 0) is 11.8 Å². The average Bonchev–Trinajstić information content (AvgIpc) is 2.51. The fourth-order valence-corrected chi connectivity index (χ4v) is 1.66. The van der Waals surface area contributed by atoms with Crippen molar-refractivity contribution in [1.29, 1.82) is 0 Å². The van der Waals surface area contributed by atoms with E-state index in [-0.39, 0.29) is 6.10 Å². The molecule has 0 radical (unpaired) electrons. The summed E-state index contributed by atoms with van der Waals surface area (Å²) in [5.74, 6) is 0. The summed E-state index contributed by atoms with van der Waals surface area (Å²) in [7, 11) is 4.07. The van der Waals surface area contributed by atoms with Gasteiger partial charge in [-0.15, -0.1) is 0 Å². The van der Waals surface area contributed by atoms with Crippen LogP contribution in [0.5, 0.6) is 0 Å². The van der Waals surface area contributed by atoms with E-state index in [2.05, 4.69) is 17.0 Å². The number of hydrogen-bond acceptors (Lipinski definition) is 3. The van der Waals surface area contributed by atoms with E-state index in [1.165, 1.54) is 0 Å². The molecule has 2 rings (SSSR count). The SMILES string of the molecule is CN1CCOC(c2ccnn2C)C1. The van der Waals surface area contributed by atoms with Crippen molar-refractivity contribution in [2.24, 2.45) is 7.05 Å². The lowest BCUT2D eigenvalue weighted by atomic mass is 10.2. The lowest BCUT2D eigenvalue weighted by molar-refractivity contribution is -0.0249. The Morgan fingerprint density at radius 2 is 2.38 bits per heavy atom. The van der Waals surface area contributed by atoms with Gasteiger partial charge in [-0.2, -0.15) is 5.10 Å². The maximum atomic E-state index is 5.67. The van der Waals surface area contributed by atoms with Gasteiger partial charge in [0.25, 0.3) is 0 Å². The standard InChI is InChI=1S/C9H15N3O/c1-11-5-6-13-9(7-11)8-3-4-10-12(8)2/h3-4,9H,5-7H2,1-2H3. The maximum Gasteiger partial charge on any atom is 0.112 e. The van der Waals surface area contributed by atoms with Crippen molar-refractivity contribution in [2.75, 3.05) is 26.7 Å². The van der Waals surface area contributed by atoms with Gasteiger partial charge in [0.2, 0.25) is 0 Å². The summed E-state index contributed by atoms with van der Waals surface area (Å²) in [5, 5.41) is 4.14. The molecule has 1 fully saturated rings. The minimum absolute atomic E-state index is 0.186. The lowest BCUT2D eigenvalue weighted by Gasteiger charge is -2.29. The van der Waals surface area contributed by atoms with Crippen LogP contribution in [0.4, 0.5) is 0 Å². The second-order valence-corrected chi connectivity index (χ2v) is 3.50. The van der Waals surface area contributed by atoms with Gasteiger partial charge >= 0.3 is 0 Å². The first-order chi connectivity index (χ1) is 6.27. The largest absolute Gasteiger partial charge is 0.369 e. The Bertz CT molecular complexity index is 284. The summed E-state index contributed by atoms with van der Waals surface area (Å²) in [6.45, 7) is 2.79. The molecule has 1 atom stereocenters. The van der Waals surface area contributed by atoms with Crippen molar-refractivity contribution < 1.29 is 4.74 Å². The first-order valence-corrected chi connectivity index (χ1v) is 4.55. The molecule has 1 aromatic rings. The molecule has 1 aliphatic heterocycles. The molecule has 1 saturated heterocycles. The molecule has 0 aliphatic carbocycles. The Morgan fingerprint density at radius 3 is 3.00 bits per heavy atom. The summed E-state index contributed by atoms with van der Waals surface area (Å²) in [5.41, 5.74) is 1.16. The Balaban J connectivity index is 2.12. The fraction of sp³-hybridized carbons (Fsp3) is 0.667. The number of likely N-dealkylation sites (N-methyl/N-ethyl adjacent to an activating group) is 1. The maximum absolute atomic E-state index is 5.67. The predicted octanol–water partition coefficient (Wildman–Crippen LogP) is 0.423. The first kappa shape index (κ1) is 8.72. The van der Waals surface area contributed by atoms with Crippen LogP contribution >= 0.6 is 0 Å². The molecular formula is C9H15N3O. The molecule has 0 spiro atoms. The zero-order chi connectivity index (χ0) is 9.26.